The Balaban J connectivity index is 3.14. The number of ether oxygens (including phenoxy) is 1. The third-order valence-electron chi connectivity index (χ3n) is 3.13. The van der Waals surface area contributed by atoms with Gasteiger partial charge in [-0.05, 0) is 38.2 Å². The molecule has 4 heteroatoms. The van der Waals surface area contributed by atoms with Gasteiger partial charge in [-0.15, -0.1) is 0 Å². The molecule has 0 aliphatic rings. The van der Waals surface area contributed by atoms with Gasteiger partial charge in [0.1, 0.15) is 5.75 Å². The molecule has 0 saturated carbocycles. The van der Waals surface area contributed by atoms with Crippen molar-refractivity contribution in [2.75, 3.05) is 21.2 Å². The Hall–Kier alpha value is -1.55. The van der Waals surface area contributed by atoms with Crippen LogP contribution in [-0.4, -0.2) is 37.2 Å². The Morgan fingerprint density at radius 1 is 1.44 bits per heavy atom. The lowest BCUT2D eigenvalue weighted by atomic mass is 9.90. The summed E-state index contributed by atoms with van der Waals surface area (Å²) in [5, 5.41) is 9.32. The molecule has 0 bridgehead atoms. The Morgan fingerprint density at radius 2 is 2.11 bits per heavy atom. The van der Waals surface area contributed by atoms with Crippen LogP contribution in [0.25, 0.3) is 0 Å². The largest absolute Gasteiger partial charge is 0.497 e. The summed E-state index contributed by atoms with van der Waals surface area (Å²) in [5.74, 6) is -0.439. The Bertz CT molecular complexity index is 404. The van der Waals surface area contributed by atoms with Crippen molar-refractivity contribution in [1.29, 1.82) is 0 Å². The fraction of sp³-hybridized carbons (Fsp3) is 0.500. The van der Waals surface area contributed by atoms with E-state index >= 15 is 0 Å². The normalized spacial score (nSPS) is 14.3. The highest BCUT2D eigenvalue weighted by molar-refractivity contribution is 5.71. The molecule has 1 rings (SSSR count). The molecule has 0 radical (unpaired) electrons. The molecule has 0 amide bonds. The first-order valence-corrected chi connectivity index (χ1v) is 6.04. The van der Waals surface area contributed by atoms with E-state index in [9.17, 15) is 9.90 Å². The molecule has 18 heavy (non-hydrogen) atoms. The summed E-state index contributed by atoms with van der Waals surface area (Å²) in [6.07, 6.45) is 0.593. The highest BCUT2D eigenvalue weighted by Gasteiger charge is 2.29. The first-order valence-electron chi connectivity index (χ1n) is 6.04. The molecule has 2 unspecified atom stereocenters. The maximum atomic E-state index is 11.3. The average Bonchev–Trinajstić information content (AvgIpc) is 2.34. The second-order valence-corrected chi connectivity index (χ2v) is 4.54. The van der Waals surface area contributed by atoms with Crippen LogP contribution >= 0.6 is 0 Å². The number of carboxylic acids is 1. The van der Waals surface area contributed by atoms with Gasteiger partial charge in [0.25, 0.3) is 0 Å². The lowest BCUT2D eigenvalue weighted by Gasteiger charge is -2.30. The predicted molar refractivity (Wildman–Crippen MR) is 70.8 cm³/mol. The van der Waals surface area contributed by atoms with Crippen LogP contribution in [0.3, 0.4) is 0 Å². The Labute approximate surface area is 108 Å². The number of carboxylic acid groups (broad SMARTS) is 1. The summed E-state index contributed by atoms with van der Waals surface area (Å²) < 4.78 is 5.19. The highest BCUT2D eigenvalue weighted by atomic mass is 16.5. The molecule has 2 atom stereocenters. The van der Waals surface area contributed by atoms with Gasteiger partial charge in [-0.1, -0.05) is 19.1 Å². The van der Waals surface area contributed by atoms with Crippen molar-refractivity contribution in [2.45, 2.75) is 19.4 Å². The van der Waals surface area contributed by atoms with Gasteiger partial charge in [0.2, 0.25) is 0 Å². The van der Waals surface area contributed by atoms with Gasteiger partial charge < -0.3 is 14.7 Å². The van der Waals surface area contributed by atoms with Gasteiger partial charge in [0.15, 0.2) is 0 Å². The maximum Gasteiger partial charge on any atom is 0.308 e. The van der Waals surface area contributed by atoms with Gasteiger partial charge in [0.05, 0.1) is 13.0 Å². The van der Waals surface area contributed by atoms with Crippen molar-refractivity contribution >= 4 is 5.97 Å². The lowest BCUT2D eigenvalue weighted by molar-refractivity contribution is -0.144. The maximum absolute atomic E-state index is 11.3. The summed E-state index contributed by atoms with van der Waals surface area (Å²) >= 11 is 0. The SMILES string of the molecule is CCC(C(=O)O)C(c1cccc(OC)c1)N(C)C. The van der Waals surface area contributed by atoms with Crippen molar-refractivity contribution in [1.82, 2.24) is 4.90 Å². The number of benzene rings is 1. The third-order valence-corrected chi connectivity index (χ3v) is 3.13. The van der Waals surface area contributed by atoms with Gasteiger partial charge in [-0.25, -0.2) is 0 Å². The van der Waals surface area contributed by atoms with E-state index in [4.69, 9.17) is 4.74 Å². The van der Waals surface area contributed by atoms with Crippen LogP contribution in [0.5, 0.6) is 5.75 Å². The van der Waals surface area contributed by atoms with Crippen molar-refractivity contribution < 1.29 is 14.6 Å². The fourth-order valence-corrected chi connectivity index (χ4v) is 2.25. The molecule has 0 aromatic heterocycles. The lowest BCUT2D eigenvalue weighted by Crippen LogP contribution is -2.32. The number of hydrogen-bond donors (Lipinski definition) is 1. The van der Waals surface area contributed by atoms with Gasteiger partial charge in [0, 0.05) is 6.04 Å². The van der Waals surface area contributed by atoms with E-state index in [1.54, 1.807) is 7.11 Å². The van der Waals surface area contributed by atoms with Crippen LogP contribution < -0.4 is 4.74 Å². The minimum Gasteiger partial charge on any atom is -0.497 e. The zero-order chi connectivity index (χ0) is 13.7. The average molecular weight is 251 g/mol. The van der Waals surface area contributed by atoms with E-state index in [0.717, 1.165) is 11.3 Å². The van der Waals surface area contributed by atoms with Crippen LogP contribution in [0, 0.1) is 5.92 Å². The number of carbonyl (C=O) groups is 1. The standard InChI is InChI=1S/C14H21NO3/c1-5-12(14(16)17)13(15(2)3)10-7-6-8-11(9-10)18-4/h6-9,12-13H,5H2,1-4H3,(H,16,17). The highest BCUT2D eigenvalue weighted by Crippen LogP contribution is 2.31. The first kappa shape index (κ1) is 14.5. The van der Waals surface area contributed by atoms with Crippen molar-refractivity contribution in [3.05, 3.63) is 29.8 Å². The molecule has 1 aromatic carbocycles. The van der Waals surface area contributed by atoms with Crippen LogP contribution in [-0.2, 0) is 4.79 Å². The van der Waals surface area contributed by atoms with E-state index in [1.807, 2.05) is 50.2 Å². The number of rotatable bonds is 6. The topological polar surface area (TPSA) is 49.8 Å². The van der Waals surface area contributed by atoms with Crippen molar-refractivity contribution in [2.24, 2.45) is 5.92 Å². The predicted octanol–water partition coefficient (Wildman–Crippen LogP) is 2.41. The van der Waals surface area contributed by atoms with Gasteiger partial charge in [-0.3, -0.25) is 4.79 Å². The van der Waals surface area contributed by atoms with E-state index in [2.05, 4.69) is 0 Å². The molecule has 0 aliphatic carbocycles. The van der Waals surface area contributed by atoms with Crippen LogP contribution in [0.15, 0.2) is 24.3 Å². The number of methoxy groups -OCH3 is 1. The summed E-state index contributed by atoms with van der Waals surface area (Å²) in [7, 11) is 5.41. The second kappa shape index (κ2) is 6.40. The van der Waals surface area contributed by atoms with Crippen molar-refractivity contribution in [3.8, 4) is 5.75 Å². The Morgan fingerprint density at radius 3 is 2.56 bits per heavy atom. The van der Waals surface area contributed by atoms with Crippen LogP contribution in [0.2, 0.25) is 0 Å². The van der Waals surface area contributed by atoms with Gasteiger partial charge >= 0.3 is 5.97 Å². The molecule has 4 nitrogen and oxygen atoms in total. The van der Waals surface area contributed by atoms with E-state index < -0.39 is 11.9 Å². The van der Waals surface area contributed by atoms with E-state index in [1.165, 1.54) is 0 Å². The van der Waals surface area contributed by atoms with E-state index in [-0.39, 0.29) is 6.04 Å². The quantitative estimate of drug-likeness (QED) is 0.843. The summed E-state index contributed by atoms with van der Waals surface area (Å²) in [6.45, 7) is 1.90. The number of nitrogens with zero attached hydrogens (tertiary/aromatic N) is 1. The number of aliphatic carboxylic acids is 1. The van der Waals surface area contributed by atoms with Gasteiger partial charge in [-0.2, -0.15) is 0 Å². The molecule has 0 spiro atoms. The molecule has 100 valence electrons. The minimum atomic E-state index is -0.765. The third kappa shape index (κ3) is 3.23. The molecular weight excluding hydrogens is 230 g/mol. The Kier molecular flexibility index (Phi) is 5.16. The fourth-order valence-electron chi connectivity index (χ4n) is 2.25. The van der Waals surface area contributed by atoms with Crippen molar-refractivity contribution in [3.63, 3.8) is 0 Å². The zero-order valence-corrected chi connectivity index (χ0v) is 11.4. The molecule has 0 aliphatic heterocycles. The molecule has 0 heterocycles. The number of hydrogen-bond acceptors (Lipinski definition) is 3. The molecule has 1 aromatic rings. The molecule has 0 fully saturated rings. The van der Waals surface area contributed by atoms with Crippen LogP contribution in [0.1, 0.15) is 24.9 Å². The summed E-state index contributed by atoms with van der Waals surface area (Å²) in [5.41, 5.74) is 0.966. The monoisotopic (exact) mass is 251 g/mol. The molecule has 0 saturated heterocycles. The zero-order valence-electron chi connectivity index (χ0n) is 11.4. The summed E-state index contributed by atoms with van der Waals surface area (Å²) in [6, 6.07) is 7.44. The smallest absolute Gasteiger partial charge is 0.308 e. The van der Waals surface area contributed by atoms with Crippen LogP contribution in [0.4, 0.5) is 0 Å². The first-order chi connectivity index (χ1) is 8.51. The summed E-state index contributed by atoms with van der Waals surface area (Å²) in [4.78, 5) is 13.3. The molecule has 1 N–H and O–H groups in total. The molecular formula is C14H21NO3. The second-order valence-electron chi connectivity index (χ2n) is 4.54. The van der Waals surface area contributed by atoms with E-state index in [0.29, 0.717) is 6.42 Å². The minimum absolute atomic E-state index is 0.150.